The molecule has 0 unspecified atom stereocenters. The third-order valence-electron chi connectivity index (χ3n) is 5.11. The van der Waals surface area contributed by atoms with Gasteiger partial charge in [0.2, 0.25) is 5.91 Å². The summed E-state index contributed by atoms with van der Waals surface area (Å²) in [5.41, 5.74) is 5.77. The fourth-order valence-electron chi connectivity index (χ4n) is 3.24. The van der Waals surface area contributed by atoms with Crippen LogP contribution in [0.15, 0.2) is 36.5 Å². The molecule has 3 aromatic rings. The molecule has 4 nitrogen and oxygen atoms in total. The number of carbonyl (C=O) groups excluding carboxylic acids is 1. The summed E-state index contributed by atoms with van der Waals surface area (Å²) in [4.78, 5) is 16.2. The van der Waals surface area contributed by atoms with Crippen molar-refractivity contribution >= 4 is 22.6 Å². The van der Waals surface area contributed by atoms with E-state index in [4.69, 9.17) is 0 Å². The number of rotatable bonds is 3. The van der Waals surface area contributed by atoms with Gasteiger partial charge in [0.15, 0.2) is 0 Å². The Bertz CT molecular complexity index is 992. The SMILES string of the molecule is Cc1cccc(-c2cc3cc(NC(=O)[C@@H]4C[C@@H]4F)ncc3n2C)c1C. The fraction of sp³-hybridized carbons (Fsp3) is 0.300. The minimum Gasteiger partial charge on any atom is -0.342 e. The number of aromatic nitrogens is 2. The van der Waals surface area contributed by atoms with E-state index in [9.17, 15) is 9.18 Å². The average Bonchev–Trinajstić information content (AvgIpc) is 3.23. The van der Waals surface area contributed by atoms with Gasteiger partial charge >= 0.3 is 0 Å². The van der Waals surface area contributed by atoms with Crippen molar-refractivity contribution < 1.29 is 9.18 Å². The summed E-state index contributed by atoms with van der Waals surface area (Å²) in [6, 6.07) is 10.2. The molecule has 2 aromatic heterocycles. The standard InChI is InChI=1S/C20H20FN3O/c1-11-5-4-6-14(12(11)2)17-7-13-8-19(22-10-18(13)24(17)3)23-20(25)15-9-16(15)21/h4-8,10,15-16H,9H2,1-3H3,(H,22,23,25)/t15-,16+/m1/s1. The summed E-state index contributed by atoms with van der Waals surface area (Å²) >= 11 is 0. The van der Waals surface area contributed by atoms with Crippen molar-refractivity contribution in [2.24, 2.45) is 13.0 Å². The van der Waals surface area contributed by atoms with E-state index in [1.165, 1.54) is 16.7 Å². The average molecular weight is 337 g/mol. The first-order valence-corrected chi connectivity index (χ1v) is 8.42. The summed E-state index contributed by atoms with van der Waals surface area (Å²) in [5, 5.41) is 3.71. The Morgan fingerprint density at radius 1 is 1.32 bits per heavy atom. The minimum atomic E-state index is -1.00. The van der Waals surface area contributed by atoms with Gasteiger partial charge < -0.3 is 9.88 Å². The number of fused-ring (bicyclic) bond motifs is 1. The van der Waals surface area contributed by atoms with E-state index in [2.05, 4.69) is 53.0 Å². The van der Waals surface area contributed by atoms with E-state index in [1.807, 2.05) is 13.1 Å². The molecule has 4 rings (SSSR count). The molecule has 1 fully saturated rings. The Morgan fingerprint density at radius 3 is 2.80 bits per heavy atom. The van der Waals surface area contributed by atoms with Crippen LogP contribution in [0.2, 0.25) is 0 Å². The highest BCUT2D eigenvalue weighted by molar-refractivity contribution is 5.96. The van der Waals surface area contributed by atoms with Gasteiger partial charge in [-0.05, 0) is 43.5 Å². The molecule has 25 heavy (non-hydrogen) atoms. The van der Waals surface area contributed by atoms with E-state index >= 15 is 0 Å². The van der Waals surface area contributed by atoms with Gasteiger partial charge in [0.05, 0.1) is 17.6 Å². The number of carbonyl (C=O) groups is 1. The third kappa shape index (κ3) is 2.69. The lowest BCUT2D eigenvalue weighted by Crippen LogP contribution is -2.15. The molecular weight excluding hydrogens is 317 g/mol. The number of alkyl halides is 1. The highest BCUT2D eigenvalue weighted by atomic mass is 19.1. The highest BCUT2D eigenvalue weighted by Crippen LogP contribution is 2.35. The Balaban J connectivity index is 1.72. The van der Waals surface area contributed by atoms with E-state index in [0.29, 0.717) is 12.2 Å². The molecule has 2 heterocycles. The number of pyridine rings is 1. The van der Waals surface area contributed by atoms with Gasteiger partial charge in [0, 0.05) is 23.7 Å². The fourth-order valence-corrected chi connectivity index (χ4v) is 3.24. The van der Waals surface area contributed by atoms with Crippen molar-refractivity contribution in [1.29, 1.82) is 0 Å². The number of hydrogen-bond acceptors (Lipinski definition) is 2. The van der Waals surface area contributed by atoms with Gasteiger partial charge in [-0.25, -0.2) is 9.37 Å². The quantitative estimate of drug-likeness (QED) is 0.780. The van der Waals surface area contributed by atoms with E-state index in [-0.39, 0.29) is 5.91 Å². The number of nitrogens with one attached hydrogen (secondary N) is 1. The Kier molecular flexibility index (Phi) is 3.60. The summed E-state index contributed by atoms with van der Waals surface area (Å²) in [6.07, 6.45) is 1.06. The molecule has 0 saturated heterocycles. The zero-order valence-electron chi connectivity index (χ0n) is 14.5. The lowest BCUT2D eigenvalue weighted by molar-refractivity contribution is -0.117. The molecule has 1 aliphatic rings. The van der Waals surface area contributed by atoms with Gasteiger partial charge in [-0.2, -0.15) is 0 Å². The number of nitrogens with zero attached hydrogens (tertiary/aromatic N) is 2. The molecular formula is C20H20FN3O. The van der Waals surface area contributed by atoms with Crippen LogP contribution in [-0.4, -0.2) is 21.6 Å². The zero-order valence-corrected chi connectivity index (χ0v) is 14.5. The molecule has 128 valence electrons. The van der Waals surface area contributed by atoms with Crippen molar-refractivity contribution in [3.8, 4) is 11.3 Å². The molecule has 1 saturated carbocycles. The van der Waals surface area contributed by atoms with Gasteiger partial charge in [0.1, 0.15) is 12.0 Å². The van der Waals surface area contributed by atoms with E-state index < -0.39 is 12.1 Å². The molecule has 1 aliphatic carbocycles. The van der Waals surface area contributed by atoms with Crippen LogP contribution in [0.4, 0.5) is 10.2 Å². The summed E-state index contributed by atoms with van der Waals surface area (Å²) < 4.78 is 15.1. The van der Waals surface area contributed by atoms with Crippen LogP contribution in [0.1, 0.15) is 17.5 Å². The second-order valence-electron chi connectivity index (χ2n) is 6.81. The number of benzene rings is 1. The van der Waals surface area contributed by atoms with Crippen LogP contribution in [0.25, 0.3) is 22.2 Å². The first kappa shape index (κ1) is 15.8. The van der Waals surface area contributed by atoms with Crippen LogP contribution in [0.3, 0.4) is 0 Å². The molecule has 1 aromatic carbocycles. The van der Waals surface area contributed by atoms with Crippen molar-refractivity contribution in [3.05, 3.63) is 47.7 Å². The van der Waals surface area contributed by atoms with Crippen LogP contribution < -0.4 is 5.32 Å². The number of hydrogen-bond donors (Lipinski definition) is 1. The molecule has 2 atom stereocenters. The molecule has 5 heteroatoms. The summed E-state index contributed by atoms with van der Waals surface area (Å²) in [7, 11) is 2.01. The van der Waals surface area contributed by atoms with Crippen LogP contribution in [0.5, 0.6) is 0 Å². The van der Waals surface area contributed by atoms with Crippen LogP contribution in [0, 0.1) is 19.8 Å². The zero-order chi connectivity index (χ0) is 17.7. The Morgan fingerprint density at radius 2 is 2.08 bits per heavy atom. The van der Waals surface area contributed by atoms with Crippen molar-refractivity contribution in [2.75, 3.05) is 5.32 Å². The predicted octanol–water partition coefficient (Wildman–Crippen LogP) is 4.15. The van der Waals surface area contributed by atoms with E-state index in [1.54, 1.807) is 6.20 Å². The number of amides is 1. The maximum absolute atomic E-state index is 13.0. The Labute approximate surface area is 145 Å². The molecule has 1 N–H and O–H groups in total. The lowest BCUT2D eigenvalue weighted by Gasteiger charge is -2.10. The molecule has 0 aliphatic heterocycles. The number of halogens is 1. The number of anilines is 1. The molecule has 0 spiro atoms. The topological polar surface area (TPSA) is 46.9 Å². The predicted molar refractivity (Wildman–Crippen MR) is 97.3 cm³/mol. The van der Waals surface area contributed by atoms with Gasteiger partial charge in [-0.3, -0.25) is 4.79 Å². The molecule has 0 radical (unpaired) electrons. The second-order valence-corrected chi connectivity index (χ2v) is 6.81. The van der Waals surface area contributed by atoms with Crippen molar-refractivity contribution in [2.45, 2.75) is 26.4 Å². The maximum atomic E-state index is 13.0. The van der Waals surface area contributed by atoms with Crippen LogP contribution in [-0.2, 0) is 11.8 Å². The minimum absolute atomic E-state index is 0.287. The smallest absolute Gasteiger partial charge is 0.231 e. The lowest BCUT2D eigenvalue weighted by atomic mass is 10.0. The first-order valence-electron chi connectivity index (χ1n) is 8.42. The van der Waals surface area contributed by atoms with Gasteiger partial charge in [-0.1, -0.05) is 18.2 Å². The normalized spacial score (nSPS) is 19.2. The van der Waals surface area contributed by atoms with Gasteiger partial charge in [0.25, 0.3) is 0 Å². The first-order chi connectivity index (χ1) is 12.0. The number of aryl methyl sites for hydroxylation is 2. The maximum Gasteiger partial charge on any atom is 0.231 e. The summed E-state index contributed by atoms with van der Waals surface area (Å²) in [5.74, 6) is -0.335. The molecule has 1 amide bonds. The van der Waals surface area contributed by atoms with E-state index in [0.717, 1.165) is 16.6 Å². The highest BCUT2D eigenvalue weighted by Gasteiger charge is 2.43. The van der Waals surface area contributed by atoms with Crippen molar-refractivity contribution in [1.82, 2.24) is 9.55 Å². The monoisotopic (exact) mass is 337 g/mol. The van der Waals surface area contributed by atoms with Gasteiger partial charge in [-0.15, -0.1) is 0 Å². The largest absolute Gasteiger partial charge is 0.342 e. The molecule has 0 bridgehead atoms. The Hall–Kier alpha value is -2.69. The van der Waals surface area contributed by atoms with Crippen LogP contribution >= 0.6 is 0 Å². The summed E-state index contributed by atoms with van der Waals surface area (Å²) in [6.45, 7) is 4.22. The third-order valence-corrected chi connectivity index (χ3v) is 5.11. The van der Waals surface area contributed by atoms with Crippen molar-refractivity contribution in [3.63, 3.8) is 0 Å². The second kappa shape index (κ2) is 5.69.